The summed E-state index contributed by atoms with van der Waals surface area (Å²) in [6, 6.07) is 24.6. The number of aryl methyl sites for hydroxylation is 1. The summed E-state index contributed by atoms with van der Waals surface area (Å²) < 4.78 is 18.4. The maximum Gasteiger partial charge on any atom is 0.175 e. The zero-order valence-corrected chi connectivity index (χ0v) is 22.9. The Morgan fingerprint density at radius 1 is 0.865 bits per heavy atom. The van der Waals surface area contributed by atoms with Gasteiger partial charge in [0.1, 0.15) is 36.1 Å². The summed E-state index contributed by atoms with van der Waals surface area (Å²) in [4.78, 5) is 12.3. The highest BCUT2D eigenvalue weighted by Crippen LogP contribution is 2.43. The van der Waals surface area contributed by atoms with Gasteiger partial charge in [-0.2, -0.15) is 0 Å². The van der Waals surface area contributed by atoms with Crippen molar-refractivity contribution in [3.8, 4) is 11.5 Å². The van der Waals surface area contributed by atoms with Gasteiger partial charge in [-0.1, -0.05) is 77.1 Å². The molecule has 0 saturated carbocycles. The van der Waals surface area contributed by atoms with Crippen LogP contribution >= 0.6 is 0 Å². The summed E-state index contributed by atoms with van der Waals surface area (Å²) in [6.45, 7) is 12.8. The molecule has 1 heterocycles. The van der Waals surface area contributed by atoms with Gasteiger partial charge < -0.3 is 13.9 Å². The molecule has 0 radical (unpaired) electrons. The van der Waals surface area contributed by atoms with E-state index in [4.69, 9.17) is 13.9 Å². The third-order valence-electron chi connectivity index (χ3n) is 7.34. The van der Waals surface area contributed by atoms with E-state index in [0.29, 0.717) is 6.61 Å². The summed E-state index contributed by atoms with van der Waals surface area (Å²) in [7, 11) is 0. The molecule has 194 valence electrons. The molecule has 0 aliphatic carbocycles. The number of carbonyl (C=O) groups excluding carboxylic acids is 1. The first-order valence-electron chi connectivity index (χ1n) is 13.1. The van der Waals surface area contributed by atoms with Gasteiger partial charge in [0.15, 0.2) is 5.78 Å². The van der Waals surface area contributed by atoms with Crippen molar-refractivity contribution in [1.29, 1.82) is 0 Å². The minimum Gasteiger partial charge on any atom is -0.489 e. The minimum absolute atomic E-state index is 0.0780. The lowest BCUT2D eigenvalue weighted by atomic mass is 9.73. The zero-order chi connectivity index (χ0) is 26.6. The van der Waals surface area contributed by atoms with Crippen LogP contribution in [0.1, 0.15) is 69.9 Å². The first-order valence-corrected chi connectivity index (χ1v) is 13.1. The Kier molecular flexibility index (Phi) is 7.77. The van der Waals surface area contributed by atoms with Crippen LogP contribution in [0, 0.1) is 12.3 Å². The SMILES string of the molecule is CCC(CC)(c1ccc(OCC(=O)C(C)(C)C)c(C)c1)c1cc2ccc(OCc3ccccc3)cc2o1. The summed E-state index contributed by atoms with van der Waals surface area (Å²) >= 11 is 0. The van der Waals surface area contributed by atoms with E-state index >= 15 is 0 Å². The lowest BCUT2D eigenvalue weighted by Crippen LogP contribution is -2.27. The van der Waals surface area contributed by atoms with Crippen LogP contribution < -0.4 is 9.47 Å². The van der Waals surface area contributed by atoms with Crippen LogP contribution in [0.15, 0.2) is 77.2 Å². The number of hydrogen-bond acceptors (Lipinski definition) is 4. The minimum atomic E-state index is -0.416. The number of carbonyl (C=O) groups is 1. The molecular formula is C33H38O4. The highest BCUT2D eigenvalue weighted by atomic mass is 16.5. The molecule has 0 unspecified atom stereocenters. The second-order valence-corrected chi connectivity index (χ2v) is 10.8. The van der Waals surface area contributed by atoms with Gasteiger partial charge in [0.25, 0.3) is 0 Å². The highest BCUT2D eigenvalue weighted by molar-refractivity contribution is 5.85. The molecule has 4 rings (SSSR count). The third kappa shape index (κ3) is 5.74. The molecule has 0 N–H and O–H groups in total. The summed E-state index contributed by atoms with van der Waals surface area (Å²) in [6.07, 6.45) is 1.78. The number of ether oxygens (including phenoxy) is 2. The molecule has 4 nitrogen and oxygen atoms in total. The number of fused-ring (bicyclic) bond motifs is 1. The average molecular weight is 499 g/mol. The van der Waals surface area contributed by atoms with E-state index < -0.39 is 5.41 Å². The standard InChI is InChI=1S/C33H38O4/c1-7-33(8-2,26-15-17-28(23(3)18-26)36-22-30(34)32(4,5)6)31-19-25-14-16-27(20-29(25)37-31)35-21-24-12-10-9-11-13-24/h9-20H,7-8,21-22H2,1-6H3. The molecule has 4 heteroatoms. The van der Waals surface area contributed by atoms with Crippen molar-refractivity contribution < 1.29 is 18.7 Å². The van der Waals surface area contributed by atoms with Gasteiger partial charge in [0, 0.05) is 16.9 Å². The van der Waals surface area contributed by atoms with Gasteiger partial charge in [0.2, 0.25) is 0 Å². The van der Waals surface area contributed by atoms with Crippen molar-refractivity contribution in [3.63, 3.8) is 0 Å². The van der Waals surface area contributed by atoms with E-state index in [0.717, 1.165) is 52.2 Å². The van der Waals surface area contributed by atoms with Crippen molar-refractivity contribution in [1.82, 2.24) is 0 Å². The average Bonchev–Trinajstić information content (AvgIpc) is 3.31. The van der Waals surface area contributed by atoms with Crippen molar-refractivity contribution >= 4 is 16.8 Å². The predicted octanol–water partition coefficient (Wildman–Crippen LogP) is 8.42. The number of Topliss-reactive ketones (excluding diaryl/α,β-unsaturated/α-hetero) is 1. The van der Waals surface area contributed by atoms with E-state index in [9.17, 15) is 4.79 Å². The Morgan fingerprint density at radius 2 is 1.59 bits per heavy atom. The molecule has 0 fully saturated rings. The van der Waals surface area contributed by atoms with E-state index in [1.807, 2.05) is 64.1 Å². The van der Waals surface area contributed by atoms with E-state index in [-0.39, 0.29) is 17.8 Å². The summed E-state index contributed by atoms with van der Waals surface area (Å²) in [5.41, 5.74) is 3.46. The maximum absolute atomic E-state index is 12.3. The van der Waals surface area contributed by atoms with Gasteiger partial charge in [0.05, 0.1) is 5.41 Å². The molecule has 0 atom stereocenters. The van der Waals surface area contributed by atoms with Crippen LogP contribution in [-0.4, -0.2) is 12.4 Å². The molecule has 1 aromatic heterocycles. The number of ketones is 1. The molecular weight excluding hydrogens is 460 g/mol. The lowest BCUT2D eigenvalue weighted by molar-refractivity contribution is -0.128. The molecule has 0 amide bonds. The van der Waals surface area contributed by atoms with Crippen LogP contribution in [-0.2, 0) is 16.8 Å². The van der Waals surface area contributed by atoms with Gasteiger partial charge in [-0.25, -0.2) is 0 Å². The van der Waals surface area contributed by atoms with Gasteiger partial charge in [-0.3, -0.25) is 4.79 Å². The quantitative estimate of drug-likeness (QED) is 0.220. The largest absolute Gasteiger partial charge is 0.489 e. The third-order valence-corrected chi connectivity index (χ3v) is 7.34. The van der Waals surface area contributed by atoms with Gasteiger partial charge >= 0.3 is 0 Å². The number of rotatable bonds is 10. The van der Waals surface area contributed by atoms with Gasteiger partial charge in [-0.15, -0.1) is 0 Å². The second-order valence-electron chi connectivity index (χ2n) is 10.8. The van der Waals surface area contributed by atoms with Crippen LogP contribution in [0.25, 0.3) is 11.0 Å². The first-order chi connectivity index (χ1) is 17.7. The van der Waals surface area contributed by atoms with Crippen molar-refractivity contribution in [2.45, 2.75) is 66.4 Å². The van der Waals surface area contributed by atoms with Crippen LogP contribution in [0.4, 0.5) is 0 Å². The summed E-state index contributed by atoms with van der Waals surface area (Å²) in [5.74, 6) is 2.57. The zero-order valence-electron chi connectivity index (χ0n) is 22.9. The fraction of sp³-hybridized carbons (Fsp3) is 0.364. The Morgan fingerprint density at radius 3 is 2.24 bits per heavy atom. The normalized spacial score (nSPS) is 12.1. The molecule has 0 aliphatic rings. The molecule has 0 aliphatic heterocycles. The van der Waals surface area contributed by atoms with Crippen LogP contribution in [0.2, 0.25) is 0 Å². The van der Waals surface area contributed by atoms with Crippen LogP contribution in [0.5, 0.6) is 11.5 Å². The Hall–Kier alpha value is -3.53. The lowest BCUT2D eigenvalue weighted by Gasteiger charge is -2.31. The fourth-order valence-electron chi connectivity index (χ4n) is 4.70. The monoisotopic (exact) mass is 498 g/mol. The smallest absolute Gasteiger partial charge is 0.175 e. The van der Waals surface area contributed by atoms with E-state index in [1.165, 1.54) is 5.56 Å². The van der Waals surface area contributed by atoms with E-state index in [2.05, 4.69) is 50.2 Å². The first kappa shape index (κ1) is 26.5. The number of benzene rings is 3. The number of hydrogen-bond donors (Lipinski definition) is 0. The highest BCUT2D eigenvalue weighted by Gasteiger charge is 2.35. The topological polar surface area (TPSA) is 48.7 Å². The van der Waals surface area contributed by atoms with Crippen molar-refractivity contribution in [2.24, 2.45) is 5.41 Å². The summed E-state index contributed by atoms with van der Waals surface area (Å²) in [5, 5.41) is 1.06. The molecule has 37 heavy (non-hydrogen) atoms. The van der Waals surface area contributed by atoms with Crippen LogP contribution in [0.3, 0.4) is 0 Å². The second kappa shape index (κ2) is 10.8. The van der Waals surface area contributed by atoms with Crippen molar-refractivity contribution in [2.75, 3.05) is 6.61 Å². The molecule has 4 aromatic rings. The van der Waals surface area contributed by atoms with E-state index in [1.54, 1.807) is 0 Å². The predicted molar refractivity (Wildman–Crippen MR) is 149 cm³/mol. The number of furan rings is 1. The molecule has 3 aromatic carbocycles. The maximum atomic E-state index is 12.3. The van der Waals surface area contributed by atoms with Crippen molar-refractivity contribution in [3.05, 3.63) is 95.2 Å². The van der Waals surface area contributed by atoms with Gasteiger partial charge in [-0.05, 0) is 60.7 Å². The Bertz CT molecular complexity index is 1350. The fourth-order valence-corrected chi connectivity index (χ4v) is 4.70. The molecule has 0 bridgehead atoms. The Balaban J connectivity index is 1.59. The molecule has 0 saturated heterocycles. The molecule has 0 spiro atoms. The Labute approximate surface area is 220 Å².